The van der Waals surface area contributed by atoms with E-state index in [0.717, 1.165) is 12.3 Å². The molecule has 1 atom stereocenters. The van der Waals surface area contributed by atoms with E-state index in [4.69, 9.17) is 0 Å². The Balaban J connectivity index is 2.14. The van der Waals surface area contributed by atoms with Crippen molar-refractivity contribution in [3.8, 4) is 0 Å². The normalized spacial score (nSPS) is 18.9. The summed E-state index contributed by atoms with van der Waals surface area (Å²) < 4.78 is 0. The van der Waals surface area contributed by atoms with Gasteiger partial charge in [-0.3, -0.25) is 0 Å². The van der Waals surface area contributed by atoms with Crippen LogP contribution in [0.2, 0.25) is 0 Å². The van der Waals surface area contributed by atoms with Crippen LogP contribution in [0.1, 0.15) is 39.5 Å². The predicted molar refractivity (Wildman–Crippen MR) is 68.6 cm³/mol. The minimum atomic E-state index is 1.11. The average molecular weight is 210 g/mol. The summed E-state index contributed by atoms with van der Waals surface area (Å²) in [6, 6.07) is 0. The molecule has 1 unspecified atom stereocenters. The zero-order valence-corrected chi connectivity index (χ0v) is 10.6. The smallest absolute Gasteiger partial charge is 0.0139 e. The van der Waals surface area contributed by atoms with Crippen LogP contribution in [0.15, 0.2) is 23.8 Å². The molecule has 1 aliphatic carbocycles. The summed E-state index contributed by atoms with van der Waals surface area (Å²) >= 11 is 0. The van der Waals surface area contributed by atoms with Crippen LogP contribution in [0.25, 0.3) is 0 Å². The maximum atomic E-state index is 2.32. The lowest BCUT2D eigenvalue weighted by Crippen LogP contribution is -1.86. The fraction of sp³-hybridized carbons (Fsp3) is 0.692. The van der Waals surface area contributed by atoms with E-state index in [2.05, 4.69) is 32.1 Å². The largest absolute Gasteiger partial charge is 0.118 e. The summed E-state index contributed by atoms with van der Waals surface area (Å²) in [6.45, 7) is 4.46. The first-order valence-electron chi connectivity index (χ1n) is 5.92. The molecule has 1 aliphatic rings. The van der Waals surface area contributed by atoms with Crippen LogP contribution in [-0.2, 0) is 0 Å². The van der Waals surface area contributed by atoms with Crippen molar-refractivity contribution in [2.24, 2.45) is 5.92 Å². The third-order valence-electron chi connectivity index (χ3n) is 2.64. The van der Waals surface area contributed by atoms with Crippen molar-refractivity contribution < 1.29 is 0 Å². The molecule has 80 valence electrons. The molecule has 1 heteroatoms. The Hall–Kier alpha value is -0.0900. The first-order valence-corrected chi connectivity index (χ1v) is 7.33. The van der Waals surface area contributed by atoms with Gasteiger partial charge in [-0.2, -0.15) is 0 Å². The third kappa shape index (κ3) is 5.60. The number of hydrogen-bond donors (Lipinski definition) is 0. The van der Waals surface area contributed by atoms with Crippen molar-refractivity contribution in [2.45, 2.75) is 39.5 Å². The maximum Gasteiger partial charge on any atom is -0.0139 e. The molecule has 0 N–H and O–H groups in total. The standard InChI is InChI=1S/C13H23P/c1-3-5-6-7-12(4-2)10-14-11-13-8-9-13/h5-7,13-14H,3-4,8-11H2,1-2H3. The first-order chi connectivity index (χ1) is 6.86. The highest BCUT2D eigenvalue weighted by Gasteiger charge is 2.20. The van der Waals surface area contributed by atoms with Crippen LogP contribution in [0, 0.1) is 5.92 Å². The molecule has 0 saturated heterocycles. The Morgan fingerprint density at radius 1 is 1.36 bits per heavy atom. The summed E-state index contributed by atoms with van der Waals surface area (Å²) in [4.78, 5) is 0. The maximum absolute atomic E-state index is 2.32. The van der Waals surface area contributed by atoms with E-state index in [0.29, 0.717) is 0 Å². The zero-order valence-electron chi connectivity index (χ0n) is 9.55. The molecule has 1 saturated carbocycles. The topological polar surface area (TPSA) is 0 Å². The molecule has 0 aromatic rings. The van der Waals surface area contributed by atoms with Crippen LogP contribution >= 0.6 is 8.58 Å². The van der Waals surface area contributed by atoms with E-state index in [1.54, 1.807) is 5.57 Å². The van der Waals surface area contributed by atoms with Crippen molar-refractivity contribution in [1.29, 1.82) is 0 Å². The Labute approximate surface area is 90.6 Å². The molecule has 0 spiro atoms. The number of allylic oxidation sites excluding steroid dienone is 4. The third-order valence-corrected chi connectivity index (χ3v) is 4.21. The zero-order chi connectivity index (χ0) is 10.2. The highest BCUT2D eigenvalue weighted by molar-refractivity contribution is 7.38. The molecule has 0 aliphatic heterocycles. The Bertz CT molecular complexity index is 199. The molecule has 0 heterocycles. The van der Waals surface area contributed by atoms with Gasteiger partial charge in [0.1, 0.15) is 0 Å². The van der Waals surface area contributed by atoms with Crippen LogP contribution < -0.4 is 0 Å². The molecular weight excluding hydrogens is 187 g/mol. The van der Waals surface area contributed by atoms with Gasteiger partial charge < -0.3 is 0 Å². The lowest BCUT2D eigenvalue weighted by atomic mass is 10.2. The van der Waals surface area contributed by atoms with Gasteiger partial charge in [0, 0.05) is 0 Å². The van der Waals surface area contributed by atoms with Gasteiger partial charge in [-0.1, -0.05) is 37.6 Å². The number of hydrogen-bond acceptors (Lipinski definition) is 0. The van der Waals surface area contributed by atoms with Crippen molar-refractivity contribution in [1.82, 2.24) is 0 Å². The fourth-order valence-electron chi connectivity index (χ4n) is 1.40. The van der Waals surface area contributed by atoms with Gasteiger partial charge in [0.2, 0.25) is 0 Å². The van der Waals surface area contributed by atoms with Gasteiger partial charge in [-0.15, -0.1) is 8.58 Å². The van der Waals surface area contributed by atoms with Crippen molar-refractivity contribution in [3.05, 3.63) is 23.8 Å². The minimum absolute atomic E-state index is 1.11. The van der Waals surface area contributed by atoms with Gasteiger partial charge in [0.05, 0.1) is 0 Å². The van der Waals surface area contributed by atoms with Crippen LogP contribution in [0.5, 0.6) is 0 Å². The molecule has 0 amide bonds. The van der Waals surface area contributed by atoms with E-state index < -0.39 is 0 Å². The molecule has 0 nitrogen and oxygen atoms in total. The summed E-state index contributed by atoms with van der Waals surface area (Å²) in [5.41, 5.74) is 1.63. The van der Waals surface area contributed by atoms with Gasteiger partial charge in [-0.25, -0.2) is 0 Å². The van der Waals surface area contributed by atoms with E-state index in [9.17, 15) is 0 Å². The van der Waals surface area contributed by atoms with E-state index in [-0.39, 0.29) is 0 Å². The summed E-state index contributed by atoms with van der Waals surface area (Å²) in [7, 11) is 1.17. The SMILES string of the molecule is CCC=CC=C(CC)CPCC1CC1. The molecule has 1 rings (SSSR count). The second-order valence-corrected chi connectivity index (χ2v) is 5.35. The van der Waals surface area contributed by atoms with Gasteiger partial charge in [0.25, 0.3) is 0 Å². The van der Waals surface area contributed by atoms with E-state index >= 15 is 0 Å². The molecule has 0 aromatic heterocycles. The second kappa shape index (κ2) is 7.23. The monoisotopic (exact) mass is 210 g/mol. The first kappa shape index (κ1) is 12.0. The van der Waals surface area contributed by atoms with Crippen LogP contribution in [0.3, 0.4) is 0 Å². The van der Waals surface area contributed by atoms with Gasteiger partial charge in [-0.05, 0) is 43.9 Å². The van der Waals surface area contributed by atoms with E-state index in [1.807, 2.05) is 0 Å². The Morgan fingerprint density at radius 2 is 2.14 bits per heavy atom. The molecule has 1 fully saturated rings. The average Bonchev–Trinajstić information content (AvgIpc) is 2.99. The van der Waals surface area contributed by atoms with Crippen molar-refractivity contribution >= 4 is 8.58 Å². The Morgan fingerprint density at radius 3 is 2.71 bits per heavy atom. The summed E-state index contributed by atoms with van der Waals surface area (Å²) in [6.07, 6.45) is 15.0. The van der Waals surface area contributed by atoms with E-state index in [1.165, 1.54) is 40.2 Å². The van der Waals surface area contributed by atoms with Crippen molar-refractivity contribution in [3.63, 3.8) is 0 Å². The Kier molecular flexibility index (Phi) is 6.19. The number of rotatable bonds is 7. The molecule has 0 radical (unpaired) electrons. The lowest BCUT2D eigenvalue weighted by molar-refractivity contribution is 0.992. The van der Waals surface area contributed by atoms with Crippen LogP contribution in [-0.4, -0.2) is 12.3 Å². The molecule has 0 aromatic carbocycles. The molecular formula is C13H23P. The van der Waals surface area contributed by atoms with Gasteiger partial charge >= 0.3 is 0 Å². The second-order valence-electron chi connectivity index (χ2n) is 4.09. The predicted octanol–water partition coefficient (Wildman–Crippen LogP) is 4.38. The fourth-order valence-corrected chi connectivity index (χ4v) is 3.05. The quantitative estimate of drug-likeness (QED) is 0.432. The molecule has 14 heavy (non-hydrogen) atoms. The lowest BCUT2D eigenvalue weighted by Gasteiger charge is -2.03. The highest BCUT2D eigenvalue weighted by atomic mass is 31.1. The van der Waals surface area contributed by atoms with Crippen LogP contribution in [0.4, 0.5) is 0 Å². The highest BCUT2D eigenvalue weighted by Crippen LogP contribution is 2.35. The summed E-state index contributed by atoms with van der Waals surface area (Å²) in [5, 5.41) is 0. The van der Waals surface area contributed by atoms with Gasteiger partial charge in [0.15, 0.2) is 0 Å². The molecule has 0 bridgehead atoms. The minimum Gasteiger partial charge on any atom is -0.118 e. The summed E-state index contributed by atoms with van der Waals surface area (Å²) in [5.74, 6) is 1.11. The van der Waals surface area contributed by atoms with Crippen molar-refractivity contribution in [2.75, 3.05) is 12.3 Å².